The molecule has 3 N–H and O–H groups in total. The van der Waals surface area contributed by atoms with Crippen molar-refractivity contribution < 1.29 is 19.7 Å². The molecule has 0 aliphatic heterocycles. The lowest BCUT2D eigenvalue weighted by atomic mass is 10.0. The van der Waals surface area contributed by atoms with E-state index in [0.29, 0.717) is 41.9 Å². The number of rotatable bonds is 22. The molecule has 1 unspecified atom stereocenters. The first-order chi connectivity index (χ1) is 40.0. The number of phenolic OH excluding ortho intramolecular Hbond substituents is 1. The Morgan fingerprint density at radius 2 is 0.859 bits per heavy atom. The normalized spacial score (nSPS) is 11.2. The van der Waals surface area contributed by atoms with Crippen LogP contribution < -0.4 is 0 Å². The van der Waals surface area contributed by atoms with Gasteiger partial charge in [-0.1, -0.05) is 283 Å². The van der Waals surface area contributed by atoms with E-state index in [2.05, 4.69) is 262 Å². The zero-order valence-corrected chi connectivity index (χ0v) is 59.6. The number of aliphatic hydroxyl groups is 2. The van der Waals surface area contributed by atoms with Crippen molar-refractivity contribution in [3.05, 3.63) is 197 Å². The minimum absolute atomic E-state index is 0.201. The summed E-state index contributed by atoms with van der Waals surface area (Å²) in [4.78, 5) is 0. The van der Waals surface area contributed by atoms with Gasteiger partial charge < -0.3 is 19.7 Å². The third-order valence-electron chi connectivity index (χ3n) is 12.8. The lowest BCUT2D eigenvalue weighted by molar-refractivity contribution is 0.224. The molecule has 1 atom stereocenters. The van der Waals surface area contributed by atoms with E-state index in [1.54, 1.807) is 12.3 Å². The number of aromatic hydroxyl groups is 1. The van der Waals surface area contributed by atoms with Crippen LogP contribution in [0.25, 0.3) is 0 Å². The lowest BCUT2D eigenvalue weighted by Gasteiger charge is -2.08. The number of allylic oxidation sites excluding steroid dienone is 5. The number of hydrogen-bond donors (Lipinski definition) is 3. The van der Waals surface area contributed by atoms with E-state index < -0.39 is 0 Å². The van der Waals surface area contributed by atoms with Crippen LogP contribution in [0, 0.1) is 53.3 Å². The van der Waals surface area contributed by atoms with Gasteiger partial charge >= 0.3 is 0 Å². The first-order valence-corrected chi connectivity index (χ1v) is 33.1. The van der Waals surface area contributed by atoms with Gasteiger partial charge in [-0.15, -0.1) is 0 Å². The maximum atomic E-state index is 9.13. The van der Waals surface area contributed by atoms with E-state index >= 15 is 0 Å². The van der Waals surface area contributed by atoms with Crippen LogP contribution in [0.3, 0.4) is 0 Å². The Hall–Kier alpha value is -4.90. The van der Waals surface area contributed by atoms with Gasteiger partial charge in [0.15, 0.2) is 0 Å². The Balaban J connectivity index is -0.000000435. The van der Waals surface area contributed by atoms with Crippen molar-refractivity contribution in [2.24, 2.45) is 53.3 Å². The standard InChI is InChI=1S/C11H16.C10H14O.C10H14.C9H12.C9H18.C8H12O.C8H18O.C8H16O.C8H16/c1-10(2)8-9-11-6-4-3-5-7-11;1-8(2)6-9-4-3-5-10(11)7-9;1-9(2)8-10-6-4-3-5-7-10;1-8(2)9-6-4-3-5-7-9;1-5-9(4)7-6-8(2)3;1-7(2)6-8-4-3-5-9-8;2*1-7(2)4-5-8(3)6-9;1-7(2)5-6-8(3)4/h3-7,10H,8-9H2,1-2H3;3-5,7-8,11H,6H2,1-2H3;3-7,9H,8H2,1-2H3;3-8H,1-2H3;7-8H,5-6H2,1-4H3;3-5,7H,6H2,1-2H3;7-9H,4-6H2,1-3H3;5,7,9H,4,6H2,1-3H3;5,8H,6H2,1-4H3/b;;;;9-7+;;;8-5-;. The fourth-order valence-electron chi connectivity index (χ4n) is 7.27. The Kier molecular flexibility index (Phi) is 59.2. The summed E-state index contributed by atoms with van der Waals surface area (Å²) in [5, 5.41) is 26.4. The molecule has 85 heavy (non-hydrogen) atoms. The molecule has 5 aromatic rings. The Morgan fingerprint density at radius 1 is 0.424 bits per heavy atom. The van der Waals surface area contributed by atoms with Crippen molar-refractivity contribution in [1.82, 2.24) is 0 Å². The summed E-state index contributed by atoms with van der Waals surface area (Å²) < 4.78 is 5.14. The Morgan fingerprint density at radius 3 is 1.21 bits per heavy atom. The van der Waals surface area contributed by atoms with Crippen LogP contribution in [0.5, 0.6) is 5.75 Å². The van der Waals surface area contributed by atoms with Gasteiger partial charge in [-0.05, 0) is 191 Å². The van der Waals surface area contributed by atoms with Gasteiger partial charge in [-0.3, -0.25) is 0 Å². The highest BCUT2D eigenvalue weighted by Gasteiger charge is 2.02. The lowest BCUT2D eigenvalue weighted by Crippen LogP contribution is -2.01. The second-order valence-corrected chi connectivity index (χ2v) is 27.1. The molecule has 4 heteroatoms. The second kappa shape index (κ2) is 58.1. The number of benzene rings is 4. The van der Waals surface area contributed by atoms with Gasteiger partial charge in [-0.25, -0.2) is 0 Å². The molecular weight excluding hydrogens is 1040 g/mol. The van der Waals surface area contributed by atoms with Crippen molar-refractivity contribution in [3.8, 4) is 5.75 Å². The van der Waals surface area contributed by atoms with Crippen LogP contribution >= 0.6 is 0 Å². The zero-order valence-electron chi connectivity index (χ0n) is 59.6. The van der Waals surface area contributed by atoms with Crippen LogP contribution in [0.15, 0.2) is 173 Å². The van der Waals surface area contributed by atoms with E-state index in [0.717, 1.165) is 66.6 Å². The average molecular weight is 1170 g/mol. The topological polar surface area (TPSA) is 73.8 Å². The van der Waals surface area contributed by atoms with Gasteiger partial charge in [0.05, 0.1) is 12.9 Å². The first kappa shape index (κ1) is 86.5. The fourth-order valence-corrected chi connectivity index (χ4v) is 7.27. The van der Waals surface area contributed by atoms with Crippen LogP contribution in [0.1, 0.15) is 245 Å². The Labute approximate surface area is 528 Å². The molecule has 0 fully saturated rings. The number of aryl methyl sites for hydroxylation is 1. The van der Waals surface area contributed by atoms with Gasteiger partial charge in [0.1, 0.15) is 11.5 Å². The highest BCUT2D eigenvalue weighted by Crippen LogP contribution is 2.16. The predicted molar refractivity (Wildman–Crippen MR) is 382 cm³/mol. The van der Waals surface area contributed by atoms with Crippen LogP contribution in [-0.2, 0) is 25.7 Å². The molecule has 0 radical (unpaired) electrons. The highest BCUT2D eigenvalue weighted by atomic mass is 16.3. The molecule has 1 heterocycles. The molecular formula is C81H136O4. The van der Waals surface area contributed by atoms with Crippen molar-refractivity contribution in [3.63, 3.8) is 0 Å². The van der Waals surface area contributed by atoms with Gasteiger partial charge in [0.25, 0.3) is 0 Å². The summed E-state index contributed by atoms with van der Waals surface area (Å²) in [7, 11) is 0. The first-order valence-electron chi connectivity index (χ1n) is 33.1. The van der Waals surface area contributed by atoms with Crippen molar-refractivity contribution in [2.45, 2.75) is 243 Å². The number of aliphatic hydroxyl groups excluding tert-OH is 2. The zero-order chi connectivity index (χ0) is 65.5. The average Bonchev–Trinajstić information content (AvgIpc) is 3.96. The molecule has 0 saturated heterocycles. The summed E-state index contributed by atoms with van der Waals surface area (Å²) >= 11 is 0. The Bertz CT molecular complexity index is 2190. The van der Waals surface area contributed by atoms with Crippen molar-refractivity contribution in [2.75, 3.05) is 13.2 Å². The third-order valence-corrected chi connectivity index (χ3v) is 12.8. The largest absolute Gasteiger partial charge is 0.508 e. The number of phenols is 1. The number of furan rings is 1. The molecule has 0 aliphatic carbocycles. The monoisotopic (exact) mass is 1170 g/mol. The smallest absolute Gasteiger partial charge is 0.115 e. The summed E-state index contributed by atoms with van der Waals surface area (Å²) in [5.74, 6) is 8.62. The summed E-state index contributed by atoms with van der Waals surface area (Å²) in [5.41, 5.74) is 9.54. The van der Waals surface area contributed by atoms with Crippen LogP contribution in [0.4, 0.5) is 0 Å². The fraction of sp³-hybridized carbons (Fsp3) is 0.580. The summed E-state index contributed by atoms with van der Waals surface area (Å²) in [6, 6.07) is 43.2. The van der Waals surface area contributed by atoms with E-state index in [1.807, 2.05) is 43.3 Å². The van der Waals surface area contributed by atoms with Crippen molar-refractivity contribution >= 4 is 0 Å². The van der Waals surface area contributed by atoms with Gasteiger partial charge in [0, 0.05) is 13.0 Å². The quantitative estimate of drug-likeness (QED) is 0.0604. The minimum Gasteiger partial charge on any atom is -0.508 e. The number of hydrogen-bond acceptors (Lipinski definition) is 4. The van der Waals surface area contributed by atoms with Gasteiger partial charge in [-0.2, -0.15) is 0 Å². The molecule has 5 rings (SSSR count). The van der Waals surface area contributed by atoms with E-state index in [4.69, 9.17) is 19.7 Å². The molecule has 0 bridgehead atoms. The predicted octanol–water partition coefficient (Wildman–Crippen LogP) is 24.4. The highest BCUT2D eigenvalue weighted by molar-refractivity contribution is 5.27. The maximum Gasteiger partial charge on any atom is 0.115 e. The van der Waals surface area contributed by atoms with Gasteiger partial charge in [0.2, 0.25) is 0 Å². The SMILES string of the molecule is C/C(=C/CC(C)C)CO.CC(C)=CCC(C)C.CC(C)CCC(C)CO.CC(C)CCc1ccccc1.CC(C)Cc1cccc(O)c1.CC(C)Cc1ccccc1.CC(C)Cc1ccco1.CC(C)c1ccccc1.CC/C(C)=C/CC(C)C. The second-order valence-electron chi connectivity index (χ2n) is 27.1. The van der Waals surface area contributed by atoms with Crippen LogP contribution in [0.2, 0.25) is 0 Å². The maximum absolute atomic E-state index is 9.13. The van der Waals surface area contributed by atoms with Crippen molar-refractivity contribution in [1.29, 1.82) is 0 Å². The summed E-state index contributed by atoms with van der Waals surface area (Å²) in [6.07, 6.45) is 21.4. The third kappa shape index (κ3) is 68.1. The molecule has 0 saturated carbocycles. The van der Waals surface area contributed by atoms with E-state index in [1.165, 1.54) is 78.3 Å². The van der Waals surface area contributed by atoms with Crippen LogP contribution in [-0.4, -0.2) is 28.5 Å². The summed E-state index contributed by atoms with van der Waals surface area (Å²) in [6.45, 7) is 53.1. The molecule has 484 valence electrons. The molecule has 0 aliphatic rings. The van der Waals surface area contributed by atoms with E-state index in [-0.39, 0.29) is 6.61 Å². The molecule has 0 amide bonds. The molecule has 0 spiro atoms. The molecule has 4 aromatic carbocycles. The van der Waals surface area contributed by atoms with E-state index in [9.17, 15) is 0 Å². The minimum atomic E-state index is 0.201. The molecule has 1 aromatic heterocycles. The molecule has 4 nitrogen and oxygen atoms in total.